The van der Waals surface area contributed by atoms with Crippen molar-refractivity contribution >= 4 is 17.4 Å². The lowest BCUT2D eigenvalue weighted by molar-refractivity contribution is 0.0786. The minimum atomic E-state index is -0.0881. The number of amides is 1. The van der Waals surface area contributed by atoms with E-state index in [2.05, 4.69) is 17.1 Å². The van der Waals surface area contributed by atoms with Gasteiger partial charge in [0.2, 0.25) is 0 Å². The van der Waals surface area contributed by atoms with E-state index in [0.29, 0.717) is 11.5 Å². The number of nitrogens with zero attached hydrogens (tertiary/aromatic N) is 4. The Morgan fingerprint density at radius 3 is 2.36 bits per heavy atom. The van der Waals surface area contributed by atoms with Gasteiger partial charge in [-0.2, -0.15) is 0 Å². The van der Waals surface area contributed by atoms with Gasteiger partial charge >= 0.3 is 0 Å². The molecule has 0 aliphatic heterocycles. The Balaban J connectivity index is 2.08. The highest BCUT2D eigenvalue weighted by Crippen LogP contribution is 2.20. The van der Waals surface area contributed by atoms with Crippen LogP contribution >= 0.6 is 0 Å². The van der Waals surface area contributed by atoms with Gasteiger partial charge in [0.15, 0.2) is 11.5 Å². The number of aromatic nitrogens is 2. The van der Waals surface area contributed by atoms with Crippen LogP contribution in [0.5, 0.6) is 0 Å². The van der Waals surface area contributed by atoms with Gasteiger partial charge in [-0.1, -0.05) is 31.5 Å². The van der Waals surface area contributed by atoms with Crippen LogP contribution < -0.4 is 4.90 Å². The van der Waals surface area contributed by atoms with Crippen LogP contribution in [0, 0.1) is 0 Å². The van der Waals surface area contributed by atoms with Crippen LogP contribution in [0.3, 0.4) is 0 Å². The summed E-state index contributed by atoms with van der Waals surface area (Å²) in [7, 11) is 3.72. The van der Waals surface area contributed by atoms with E-state index in [-0.39, 0.29) is 5.91 Å². The summed E-state index contributed by atoms with van der Waals surface area (Å²) >= 11 is 0. The minimum Gasteiger partial charge on any atom is -0.340 e. The molecule has 22 heavy (non-hydrogen) atoms. The molecule has 0 spiro atoms. The van der Waals surface area contributed by atoms with Gasteiger partial charge in [-0.3, -0.25) is 4.79 Å². The standard InChI is InChI=1S/C17H22N4O/c1-4-5-13-20(2)17(22)15-11-12-16(19-18-15)21(3)14-9-7-6-8-10-14/h6-12H,4-5,13H2,1-3H3. The number of hydrogen-bond donors (Lipinski definition) is 0. The lowest BCUT2D eigenvalue weighted by atomic mass is 10.2. The van der Waals surface area contributed by atoms with Gasteiger partial charge in [0.25, 0.3) is 5.91 Å². The molecular weight excluding hydrogens is 276 g/mol. The van der Waals surface area contributed by atoms with Crippen molar-refractivity contribution in [2.75, 3.05) is 25.5 Å². The highest BCUT2D eigenvalue weighted by Gasteiger charge is 2.14. The van der Waals surface area contributed by atoms with Crippen LogP contribution in [0.2, 0.25) is 0 Å². The number of hydrogen-bond acceptors (Lipinski definition) is 4. The third-order valence-corrected chi connectivity index (χ3v) is 3.55. The van der Waals surface area contributed by atoms with Gasteiger partial charge in [0, 0.05) is 26.3 Å². The molecule has 0 aliphatic carbocycles. The molecule has 1 heterocycles. The van der Waals surface area contributed by atoms with E-state index in [1.807, 2.05) is 48.3 Å². The highest BCUT2D eigenvalue weighted by molar-refractivity contribution is 5.92. The van der Waals surface area contributed by atoms with Gasteiger partial charge in [0.1, 0.15) is 0 Å². The number of para-hydroxylation sites is 1. The van der Waals surface area contributed by atoms with Crippen LogP contribution in [0.4, 0.5) is 11.5 Å². The SMILES string of the molecule is CCCCN(C)C(=O)c1ccc(N(C)c2ccccc2)nn1. The topological polar surface area (TPSA) is 49.3 Å². The largest absolute Gasteiger partial charge is 0.340 e. The summed E-state index contributed by atoms with van der Waals surface area (Å²) in [5.41, 5.74) is 1.40. The van der Waals surface area contributed by atoms with Gasteiger partial charge in [-0.25, -0.2) is 0 Å². The lowest BCUT2D eigenvalue weighted by Gasteiger charge is -2.19. The predicted octanol–water partition coefficient (Wildman–Crippen LogP) is 3.12. The molecular formula is C17H22N4O. The predicted molar refractivity (Wildman–Crippen MR) is 88.4 cm³/mol. The summed E-state index contributed by atoms with van der Waals surface area (Å²) < 4.78 is 0. The molecule has 5 nitrogen and oxygen atoms in total. The highest BCUT2D eigenvalue weighted by atomic mass is 16.2. The molecule has 5 heteroatoms. The number of unbranched alkanes of at least 4 members (excludes halogenated alkanes) is 1. The average Bonchev–Trinajstić information content (AvgIpc) is 2.59. The maximum atomic E-state index is 12.2. The number of carbonyl (C=O) groups is 1. The second-order valence-electron chi connectivity index (χ2n) is 5.25. The molecule has 0 atom stereocenters. The third kappa shape index (κ3) is 3.81. The molecule has 1 aromatic carbocycles. The van der Waals surface area contributed by atoms with E-state index in [1.54, 1.807) is 18.0 Å². The molecule has 0 N–H and O–H groups in total. The molecule has 0 bridgehead atoms. The Morgan fingerprint density at radius 1 is 1.05 bits per heavy atom. The Labute approximate surface area is 131 Å². The summed E-state index contributed by atoms with van der Waals surface area (Å²) in [6.07, 6.45) is 2.05. The van der Waals surface area contributed by atoms with Crippen LogP contribution in [0.25, 0.3) is 0 Å². The van der Waals surface area contributed by atoms with Gasteiger partial charge in [0.05, 0.1) is 0 Å². The number of anilines is 2. The molecule has 1 amide bonds. The molecule has 0 aliphatic rings. The first-order valence-electron chi connectivity index (χ1n) is 7.51. The fraction of sp³-hybridized carbons (Fsp3) is 0.353. The van der Waals surface area contributed by atoms with E-state index < -0.39 is 0 Å². The molecule has 2 aromatic rings. The molecule has 2 rings (SSSR count). The third-order valence-electron chi connectivity index (χ3n) is 3.55. The van der Waals surface area contributed by atoms with Crippen molar-refractivity contribution in [3.8, 4) is 0 Å². The van der Waals surface area contributed by atoms with E-state index in [0.717, 1.165) is 25.1 Å². The number of rotatable bonds is 6. The van der Waals surface area contributed by atoms with Crippen molar-refractivity contribution in [3.63, 3.8) is 0 Å². The van der Waals surface area contributed by atoms with Crippen LogP contribution in [-0.4, -0.2) is 41.6 Å². The average molecular weight is 298 g/mol. The summed E-state index contributed by atoms with van der Waals surface area (Å²) in [4.78, 5) is 15.8. The Hall–Kier alpha value is -2.43. The summed E-state index contributed by atoms with van der Waals surface area (Å²) in [6, 6.07) is 13.5. The molecule has 0 unspecified atom stereocenters. The van der Waals surface area contributed by atoms with Crippen molar-refractivity contribution < 1.29 is 4.79 Å². The van der Waals surface area contributed by atoms with E-state index in [1.165, 1.54) is 0 Å². The maximum Gasteiger partial charge on any atom is 0.274 e. The summed E-state index contributed by atoms with van der Waals surface area (Å²) in [5.74, 6) is 0.619. The van der Waals surface area contributed by atoms with Crippen molar-refractivity contribution in [3.05, 3.63) is 48.2 Å². The van der Waals surface area contributed by atoms with Crippen molar-refractivity contribution in [2.24, 2.45) is 0 Å². The van der Waals surface area contributed by atoms with E-state index in [9.17, 15) is 4.79 Å². The molecule has 0 fully saturated rings. The van der Waals surface area contributed by atoms with Crippen molar-refractivity contribution in [1.82, 2.24) is 15.1 Å². The van der Waals surface area contributed by atoms with Crippen molar-refractivity contribution in [1.29, 1.82) is 0 Å². The zero-order valence-electron chi connectivity index (χ0n) is 13.4. The maximum absolute atomic E-state index is 12.2. The zero-order valence-corrected chi connectivity index (χ0v) is 13.4. The smallest absolute Gasteiger partial charge is 0.274 e. The fourth-order valence-corrected chi connectivity index (χ4v) is 2.09. The van der Waals surface area contributed by atoms with Gasteiger partial charge in [-0.15, -0.1) is 10.2 Å². The monoisotopic (exact) mass is 298 g/mol. The molecule has 0 saturated carbocycles. The molecule has 1 aromatic heterocycles. The second-order valence-corrected chi connectivity index (χ2v) is 5.25. The fourth-order valence-electron chi connectivity index (χ4n) is 2.09. The van der Waals surface area contributed by atoms with Crippen LogP contribution in [0.1, 0.15) is 30.3 Å². The molecule has 0 saturated heterocycles. The van der Waals surface area contributed by atoms with E-state index in [4.69, 9.17) is 0 Å². The van der Waals surface area contributed by atoms with E-state index >= 15 is 0 Å². The Morgan fingerprint density at radius 2 is 1.77 bits per heavy atom. The quantitative estimate of drug-likeness (QED) is 0.822. The molecule has 0 radical (unpaired) electrons. The second kappa shape index (κ2) is 7.54. The Bertz CT molecular complexity index is 598. The zero-order chi connectivity index (χ0) is 15.9. The van der Waals surface area contributed by atoms with Gasteiger partial charge < -0.3 is 9.80 Å². The normalized spacial score (nSPS) is 10.3. The van der Waals surface area contributed by atoms with Gasteiger partial charge in [-0.05, 0) is 30.7 Å². The summed E-state index contributed by atoms with van der Waals surface area (Å²) in [6.45, 7) is 2.84. The Kier molecular flexibility index (Phi) is 5.47. The lowest BCUT2D eigenvalue weighted by Crippen LogP contribution is -2.28. The minimum absolute atomic E-state index is 0.0881. The first-order valence-corrected chi connectivity index (χ1v) is 7.51. The molecule has 116 valence electrons. The van der Waals surface area contributed by atoms with Crippen molar-refractivity contribution in [2.45, 2.75) is 19.8 Å². The number of carbonyl (C=O) groups excluding carboxylic acids is 1. The first kappa shape index (κ1) is 15.9. The summed E-state index contributed by atoms with van der Waals surface area (Å²) in [5, 5.41) is 8.24. The van der Waals surface area contributed by atoms with Crippen LogP contribution in [0.15, 0.2) is 42.5 Å². The van der Waals surface area contributed by atoms with Crippen LogP contribution in [-0.2, 0) is 0 Å². The first-order chi connectivity index (χ1) is 10.6. The number of benzene rings is 1.